The lowest BCUT2D eigenvalue weighted by molar-refractivity contribution is 0.344. The highest BCUT2D eigenvalue weighted by Crippen LogP contribution is 2.26. The first kappa shape index (κ1) is 17.6. The summed E-state index contributed by atoms with van der Waals surface area (Å²) in [5, 5.41) is 9.05. The van der Waals surface area contributed by atoms with Gasteiger partial charge in [0.05, 0.1) is 6.54 Å². The summed E-state index contributed by atoms with van der Waals surface area (Å²) in [6.07, 6.45) is 3.91. The smallest absolute Gasteiger partial charge is 0.190 e. The molecule has 0 bridgehead atoms. The zero-order valence-corrected chi connectivity index (χ0v) is 16.5. The number of nitrogens with two attached hydrogens (primary N) is 1. The van der Waals surface area contributed by atoms with E-state index < -0.39 is 5.79 Å². The molecule has 0 amide bonds. The van der Waals surface area contributed by atoms with Crippen LogP contribution in [0.1, 0.15) is 23.7 Å². The molecule has 4 aromatic rings. The molecule has 146 valence electrons. The lowest BCUT2D eigenvalue weighted by atomic mass is 10.0. The molecule has 6 nitrogen and oxygen atoms in total. The van der Waals surface area contributed by atoms with Crippen LogP contribution in [-0.2, 0) is 12.3 Å². The van der Waals surface area contributed by atoms with Gasteiger partial charge in [0.2, 0.25) is 0 Å². The highest BCUT2D eigenvalue weighted by molar-refractivity contribution is 5.96. The van der Waals surface area contributed by atoms with Gasteiger partial charge in [0, 0.05) is 39.6 Å². The van der Waals surface area contributed by atoms with Crippen molar-refractivity contribution in [3.8, 4) is 0 Å². The Morgan fingerprint density at radius 3 is 2.79 bits per heavy atom. The molecular weight excluding hydrogens is 360 g/mol. The van der Waals surface area contributed by atoms with Gasteiger partial charge in [-0.05, 0) is 61.2 Å². The van der Waals surface area contributed by atoms with Crippen LogP contribution in [0.3, 0.4) is 0 Å². The molecule has 29 heavy (non-hydrogen) atoms. The Hall–Kier alpha value is -3.51. The van der Waals surface area contributed by atoms with E-state index in [1.54, 1.807) is 0 Å². The Morgan fingerprint density at radius 2 is 1.90 bits per heavy atom. The van der Waals surface area contributed by atoms with Gasteiger partial charge in [0.15, 0.2) is 5.79 Å². The van der Waals surface area contributed by atoms with Crippen LogP contribution in [0.4, 0.5) is 0 Å². The molecule has 2 aromatic heterocycles. The second-order valence-corrected chi connectivity index (χ2v) is 7.71. The summed E-state index contributed by atoms with van der Waals surface area (Å²) in [6.45, 7) is 4.65. The van der Waals surface area contributed by atoms with Crippen LogP contribution in [0.15, 0.2) is 71.5 Å². The third kappa shape index (κ3) is 3.17. The van der Waals surface area contributed by atoms with Gasteiger partial charge in [0.25, 0.3) is 0 Å². The lowest BCUT2D eigenvalue weighted by Gasteiger charge is -2.37. The Bertz CT molecular complexity index is 1280. The van der Waals surface area contributed by atoms with E-state index in [1.165, 1.54) is 5.39 Å². The Labute approximate surface area is 168 Å². The van der Waals surface area contributed by atoms with Crippen LogP contribution in [0.5, 0.6) is 0 Å². The fraction of sp³-hybridized carbons (Fsp3) is 0.174. The van der Waals surface area contributed by atoms with E-state index in [0.29, 0.717) is 6.54 Å². The van der Waals surface area contributed by atoms with E-state index >= 15 is 0 Å². The van der Waals surface area contributed by atoms with Crippen LogP contribution >= 0.6 is 0 Å². The fourth-order valence-electron chi connectivity index (χ4n) is 4.07. The summed E-state index contributed by atoms with van der Waals surface area (Å²) in [5.41, 5.74) is 13.2. The number of H-pyrrole nitrogens is 2. The van der Waals surface area contributed by atoms with E-state index in [4.69, 9.17) is 10.7 Å². The number of fused-ring (bicyclic) bond motifs is 2. The quantitative estimate of drug-likeness (QED) is 0.373. The molecule has 0 fully saturated rings. The second-order valence-electron chi connectivity index (χ2n) is 7.71. The van der Waals surface area contributed by atoms with Crippen LogP contribution in [0.25, 0.3) is 21.8 Å². The molecule has 0 aliphatic carbocycles. The highest BCUT2D eigenvalue weighted by atomic mass is 15.3. The molecule has 1 aliphatic rings. The van der Waals surface area contributed by atoms with Crippen molar-refractivity contribution in [3.63, 3.8) is 0 Å². The minimum Gasteiger partial charge on any atom is -0.361 e. The first-order valence-electron chi connectivity index (χ1n) is 9.73. The maximum Gasteiger partial charge on any atom is 0.190 e. The van der Waals surface area contributed by atoms with Gasteiger partial charge < -0.3 is 20.6 Å². The largest absolute Gasteiger partial charge is 0.361 e. The summed E-state index contributed by atoms with van der Waals surface area (Å²) in [6, 6.07) is 16.7. The molecule has 2 aromatic carbocycles. The van der Waals surface area contributed by atoms with Crippen LogP contribution in [0, 0.1) is 6.92 Å². The summed E-state index contributed by atoms with van der Waals surface area (Å²) >= 11 is 0. The van der Waals surface area contributed by atoms with Crippen molar-refractivity contribution in [2.45, 2.75) is 26.2 Å². The molecule has 5 rings (SSSR count). The maximum atomic E-state index is 6.77. The van der Waals surface area contributed by atoms with Gasteiger partial charge in [0.1, 0.15) is 5.84 Å². The van der Waals surface area contributed by atoms with Crippen LogP contribution in [0.2, 0.25) is 0 Å². The predicted molar refractivity (Wildman–Crippen MR) is 118 cm³/mol. The molecule has 6 heteroatoms. The lowest BCUT2D eigenvalue weighted by Crippen LogP contribution is -2.64. The zero-order valence-electron chi connectivity index (χ0n) is 16.5. The van der Waals surface area contributed by atoms with E-state index in [1.807, 2.05) is 43.5 Å². The van der Waals surface area contributed by atoms with Crippen molar-refractivity contribution >= 4 is 27.6 Å². The summed E-state index contributed by atoms with van der Waals surface area (Å²) in [4.78, 5) is 11.4. The van der Waals surface area contributed by atoms with Crippen LogP contribution in [-0.4, -0.2) is 15.8 Å². The number of allylic oxidation sites excluding steroid dienone is 1. The minimum absolute atomic E-state index is 0.580. The van der Waals surface area contributed by atoms with Crippen molar-refractivity contribution in [1.82, 2.24) is 20.6 Å². The molecule has 0 spiro atoms. The molecule has 6 N–H and O–H groups in total. The normalized spacial score (nSPS) is 20.7. The number of aliphatic imine (C=N–C) groups is 1. The molecule has 0 radical (unpaired) electrons. The van der Waals surface area contributed by atoms with Gasteiger partial charge in [-0.15, -0.1) is 0 Å². The van der Waals surface area contributed by atoms with E-state index in [-0.39, 0.29) is 0 Å². The molecule has 0 saturated carbocycles. The summed E-state index contributed by atoms with van der Waals surface area (Å²) in [5.74, 6) is -0.164. The number of hydrogen-bond acceptors (Lipinski definition) is 3. The van der Waals surface area contributed by atoms with Crippen molar-refractivity contribution in [3.05, 3.63) is 83.3 Å². The second kappa shape index (κ2) is 6.53. The minimum atomic E-state index is -0.929. The van der Waals surface area contributed by atoms with Gasteiger partial charge in [-0.3, -0.25) is 10.7 Å². The number of hydrogen-bond donors (Lipinski definition) is 5. The molecule has 3 heterocycles. The third-order valence-corrected chi connectivity index (χ3v) is 5.34. The number of rotatable bonds is 3. The maximum absolute atomic E-state index is 6.77. The third-order valence-electron chi connectivity index (χ3n) is 5.34. The standard InChI is InChI=1S/C23H24N6/c1-14-10-17-12-16(6-7-20(17)27-14)13-26-22-11-15(2)28-23(24,29-22)19-4-3-5-21-18(19)8-9-25-21/h3-12,25,27-28H,13,24H2,1-2H3,(H,26,29). The number of benzene rings is 2. The number of aryl methyl sites for hydroxylation is 1. The Morgan fingerprint density at radius 1 is 1.00 bits per heavy atom. The molecule has 1 atom stereocenters. The summed E-state index contributed by atoms with van der Waals surface area (Å²) < 4.78 is 0. The Balaban J connectivity index is 1.45. The van der Waals surface area contributed by atoms with Gasteiger partial charge in [-0.2, -0.15) is 0 Å². The van der Waals surface area contributed by atoms with Gasteiger partial charge in [-0.25, -0.2) is 0 Å². The van der Waals surface area contributed by atoms with E-state index in [2.05, 4.69) is 51.8 Å². The predicted octanol–water partition coefficient (Wildman–Crippen LogP) is 3.72. The average Bonchev–Trinajstić information content (AvgIpc) is 3.30. The zero-order chi connectivity index (χ0) is 20.0. The van der Waals surface area contributed by atoms with Gasteiger partial charge >= 0.3 is 0 Å². The highest BCUT2D eigenvalue weighted by Gasteiger charge is 2.32. The number of aromatic nitrogens is 2. The monoisotopic (exact) mass is 384 g/mol. The topological polar surface area (TPSA) is 94.0 Å². The van der Waals surface area contributed by atoms with Crippen molar-refractivity contribution < 1.29 is 0 Å². The van der Waals surface area contributed by atoms with Crippen LogP contribution < -0.4 is 16.4 Å². The first-order chi connectivity index (χ1) is 14.0. The van der Waals surface area contributed by atoms with E-state index in [0.717, 1.165) is 44.8 Å². The SMILES string of the molecule is CC1=CC(=NCc2ccc3[nH]c(C)cc3c2)NC(N)(c2cccc3[nH]ccc23)N1. The van der Waals surface area contributed by atoms with E-state index in [9.17, 15) is 0 Å². The molecule has 0 saturated heterocycles. The van der Waals surface area contributed by atoms with Gasteiger partial charge in [-0.1, -0.05) is 18.2 Å². The molecule has 1 aliphatic heterocycles. The number of nitrogens with one attached hydrogen (secondary N) is 4. The molecule has 1 unspecified atom stereocenters. The van der Waals surface area contributed by atoms with Crippen molar-refractivity contribution in [2.24, 2.45) is 10.7 Å². The van der Waals surface area contributed by atoms with Crippen molar-refractivity contribution in [1.29, 1.82) is 0 Å². The number of amidine groups is 1. The first-order valence-corrected chi connectivity index (χ1v) is 9.73. The summed E-state index contributed by atoms with van der Waals surface area (Å²) in [7, 11) is 0. The number of nitrogens with zero attached hydrogens (tertiary/aromatic N) is 1. The Kier molecular flexibility index (Phi) is 3.96. The fourth-order valence-corrected chi connectivity index (χ4v) is 4.07. The number of aromatic amines is 2. The average molecular weight is 384 g/mol. The molecular formula is C23H24N6. The van der Waals surface area contributed by atoms with Crippen molar-refractivity contribution in [2.75, 3.05) is 0 Å².